The summed E-state index contributed by atoms with van der Waals surface area (Å²) >= 11 is 1.82. The molecule has 4 aromatic rings. The van der Waals surface area contributed by atoms with Gasteiger partial charge >= 0.3 is 12.0 Å². The van der Waals surface area contributed by atoms with Crippen LogP contribution in [0.2, 0.25) is 0 Å². The number of hydrogen-bond donors (Lipinski definition) is 6. The number of nitrogens with zero attached hydrogens (tertiary/aromatic N) is 9. The van der Waals surface area contributed by atoms with Gasteiger partial charge in [-0.15, -0.1) is 15.3 Å². The Hall–Kier alpha value is -7.97. The number of aryl methyl sites for hydroxylation is 2. The highest BCUT2D eigenvalue weighted by Crippen LogP contribution is 2.33. The number of azo groups is 1. The Morgan fingerprint density at radius 1 is 0.821 bits per heavy atom. The van der Waals surface area contributed by atoms with E-state index in [1.807, 2.05) is 11.8 Å². The average Bonchev–Trinajstić information content (AvgIpc) is 4.24. The van der Waals surface area contributed by atoms with Crippen molar-refractivity contribution in [3.63, 3.8) is 0 Å². The van der Waals surface area contributed by atoms with Crippen LogP contribution in [0.25, 0.3) is 10.4 Å². The zero-order valence-electron chi connectivity index (χ0n) is 42.8. The van der Waals surface area contributed by atoms with Gasteiger partial charge < -0.3 is 50.7 Å². The summed E-state index contributed by atoms with van der Waals surface area (Å²) in [5.41, 5.74) is 11.3. The second kappa shape index (κ2) is 30.1. The fraction of sp³-hybridized carbons (Fsp3) is 0.471. The normalized spacial score (nSPS) is 17.1. The van der Waals surface area contributed by atoms with Gasteiger partial charge in [-0.05, 0) is 91.7 Å². The maximum atomic E-state index is 13.6. The average molecular weight is 1100 g/mol. The monoisotopic (exact) mass is 1090 g/mol. The van der Waals surface area contributed by atoms with Crippen molar-refractivity contribution >= 4 is 70.4 Å². The van der Waals surface area contributed by atoms with Gasteiger partial charge in [0.2, 0.25) is 11.8 Å². The minimum atomic E-state index is -0.930. The van der Waals surface area contributed by atoms with Gasteiger partial charge in [0.05, 0.1) is 55.5 Å². The molecule has 414 valence electrons. The minimum Gasteiger partial charge on any atom is -0.506 e. The van der Waals surface area contributed by atoms with Gasteiger partial charge in [-0.2, -0.15) is 16.9 Å². The summed E-state index contributed by atoms with van der Waals surface area (Å²) in [7, 11) is 0. The number of amides is 7. The SMILES string of the molecule is [N-]=[N+]=Nc1ccc(C(=O)NCCCOCCOCCOCCCNC(=O)C(Cc2cn(CCc3ccc(O)c(N=Nc4ccc(C(=O)ON5C(=O)CCC5=O)cc4)c3)nn2)NC(=O)CCCC[C@H]2SC[C@H]3NC(=O)N[C@H]32)cc1. The summed E-state index contributed by atoms with van der Waals surface area (Å²) in [5.74, 6) is -2.18. The molecule has 0 spiro atoms. The number of thioether (sulfide) groups is 1. The van der Waals surface area contributed by atoms with Gasteiger partial charge in [-0.25, -0.2) is 9.59 Å². The molecule has 0 radical (unpaired) electrons. The molecule has 3 aliphatic rings. The Bertz CT molecular complexity index is 2780. The lowest BCUT2D eigenvalue weighted by Crippen LogP contribution is -2.48. The highest BCUT2D eigenvalue weighted by atomic mass is 32.2. The van der Waals surface area contributed by atoms with E-state index in [0.717, 1.165) is 24.2 Å². The van der Waals surface area contributed by atoms with Crippen molar-refractivity contribution in [2.75, 3.05) is 58.5 Å². The number of aromatic hydroxyl groups is 1. The fourth-order valence-electron chi connectivity index (χ4n) is 8.38. The molecule has 7 amide bonds. The highest BCUT2D eigenvalue weighted by Gasteiger charge is 2.42. The molecule has 1 aromatic heterocycles. The molecule has 78 heavy (non-hydrogen) atoms. The summed E-state index contributed by atoms with van der Waals surface area (Å²) in [4.78, 5) is 94.7. The van der Waals surface area contributed by atoms with E-state index in [-0.39, 0.29) is 83.8 Å². The Morgan fingerprint density at radius 2 is 1.50 bits per heavy atom. The van der Waals surface area contributed by atoms with Crippen LogP contribution in [0.5, 0.6) is 5.75 Å². The number of benzene rings is 3. The molecule has 4 atom stereocenters. The first kappa shape index (κ1) is 57.7. The molecule has 0 saturated carbocycles. The van der Waals surface area contributed by atoms with Gasteiger partial charge in [0.1, 0.15) is 17.5 Å². The minimum absolute atomic E-state index is 0.0195. The lowest BCUT2D eigenvalue weighted by Gasteiger charge is -2.18. The van der Waals surface area contributed by atoms with E-state index >= 15 is 0 Å². The van der Waals surface area contributed by atoms with E-state index < -0.39 is 23.8 Å². The van der Waals surface area contributed by atoms with Crippen molar-refractivity contribution in [2.24, 2.45) is 15.3 Å². The van der Waals surface area contributed by atoms with E-state index in [0.29, 0.717) is 113 Å². The van der Waals surface area contributed by atoms with Crippen molar-refractivity contribution in [1.29, 1.82) is 0 Å². The van der Waals surface area contributed by atoms with Crippen LogP contribution >= 0.6 is 11.8 Å². The summed E-state index contributed by atoms with van der Waals surface area (Å²) in [6.45, 7) is 3.37. The number of hydrogen-bond acceptors (Lipinski definition) is 18. The maximum absolute atomic E-state index is 13.6. The highest BCUT2D eigenvalue weighted by molar-refractivity contribution is 8.00. The van der Waals surface area contributed by atoms with Gasteiger partial charge in [0, 0.05) is 91.9 Å². The topological polar surface area (TPSA) is 344 Å². The van der Waals surface area contributed by atoms with Crippen LogP contribution in [0.3, 0.4) is 0 Å². The summed E-state index contributed by atoms with van der Waals surface area (Å²) < 4.78 is 18.5. The summed E-state index contributed by atoms with van der Waals surface area (Å²) in [6, 6.07) is 16.2. The van der Waals surface area contributed by atoms with Crippen LogP contribution in [0.15, 0.2) is 88.3 Å². The third-order valence-electron chi connectivity index (χ3n) is 12.5. The molecule has 1 unspecified atom stereocenters. The largest absolute Gasteiger partial charge is 0.506 e. The third-order valence-corrected chi connectivity index (χ3v) is 14.0. The molecule has 3 aromatic carbocycles. The van der Waals surface area contributed by atoms with E-state index in [1.54, 1.807) is 47.3 Å². The number of phenolic OH excluding ortho intramolecular Hbond substituents is 1. The molecule has 0 bridgehead atoms. The number of unbranched alkanes of at least 4 members (excludes halogenated alkanes) is 1. The Labute approximate surface area is 452 Å². The zero-order valence-corrected chi connectivity index (χ0v) is 43.6. The molecular weight excluding hydrogens is 1030 g/mol. The lowest BCUT2D eigenvalue weighted by molar-refractivity contribution is -0.172. The van der Waals surface area contributed by atoms with Crippen molar-refractivity contribution in [2.45, 2.75) is 94.1 Å². The maximum Gasteiger partial charge on any atom is 0.363 e. The lowest BCUT2D eigenvalue weighted by atomic mass is 10.0. The number of nitrogens with one attached hydrogen (secondary N) is 5. The number of fused-ring (bicyclic) bond motifs is 1. The molecule has 0 aliphatic carbocycles. The van der Waals surface area contributed by atoms with E-state index in [4.69, 9.17) is 24.6 Å². The molecular formula is C51H62N14O12S. The van der Waals surface area contributed by atoms with Crippen molar-refractivity contribution in [3.8, 4) is 5.75 Å². The van der Waals surface area contributed by atoms with Gasteiger partial charge in [-0.3, -0.25) is 28.7 Å². The first-order chi connectivity index (χ1) is 37.9. The molecule has 7 rings (SSSR count). The molecule has 27 heteroatoms. The molecule has 6 N–H and O–H groups in total. The quantitative estimate of drug-likeness (QED) is 0.00943. The number of imide groups is 1. The number of aromatic nitrogens is 3. The first-order valence-corrected chi connectivity index (χ1v) is 26.7. The second-order valence-corrected chi connectivity index (χ2v) is 19.5. The molecule has 4 heterocycles. The molecule has 3 saturated heterocycles. The predicted molar refractivity (Wildman–Crippen MR) is 281 cm³/mol. The fourth-order valence-corrected chi connectivity index (χ4v) is 9.92. The molecule has 3 fully saturated rings. The first-order valence-electron chi connectivity index (χ1n) is 25.7. The van der Waals surface area contributed by atoms with Crippen LogP contribution in [0.1, 0.15) is 83.3 Å². The Morgan fingerprint density at radius 3 is 2.22 bits per heavy atom. The predicted octanol–water partition coefficient (Wildman–Crippen LogP) is 4.93. The van der Waals surface area contributed by atoms with E-state index in [2.05, 4.69) is 57.2 Å². The number of hydroxylamine groups is 2. The summed E-state index contributed by atoms with van der Waals surface area (Å²) in [5, 5.41) is 46.2. The van der Waals surface area contributed by atoms with E-state index in [9.17, 15) is 38.7 Å². The van der Waals surface area contributed by atoms with Crippen LogP contribution in [-0.2, 0) is 57.6 Å². The van der Waals surface area contributed by atoms with Gasteiger partial charge in [0.25, 0.3) is 17.7 Å². The number of azide groups is 1. The third kappa shape index (κ3) is 18.1. The van der Waals surface area contributed by atoms with E-state index in [1.165, 1.54) is 30.3 Å². The number of carbonyl (C=O) groups is 7. The second-order valence-electron chi connectivity index (χ2n) is 18.3. The summed E-state index contributed by atoms with van der Waals surface area (Å²) in [6.07, 6.45) is 5.82. The number of rotatable bonds is 32. The molecule has 3 aliphatic heterocycles. The van der Waals surface area contributed by atoms with Gasteiger partial charge in [0.15, 0.2) is 0 Å². The standard InChI is InChI=1S/C51H62N14O12S/c52-62-59-37-12-8-34(9-13-37)48(70)53-20-3-23-74-25-27-76-28-26-75-24-4-21-54-49(71)40(55-44(67)6-2-1-5-43-47-41(32-78-43)56-51(73)57-47)30-38-31-64(63-60-38)22-19-33-7-16-42(66)39(29-33)61-58-36-14-10-35(11-15-36)50(72)77-65-45(68)17-18-46(65)69/h7-16,29,31,40-41,43,47,66H,1-6,17-28,30,32H2,(H,53,70)(H,54,71)(H,55,67)(H2,56,57,73)/t40?,41-,43-,47-/m1/s1. The van der Waals surface area contributed by atoms with Crippen molar-refractivity contribution in [3.05, 3.63) is 106 Å². The number of phenols is 1. The van der Waals surface area contributed by atoms with Crippen LogP contribution in [-0.4, -0.2) is 149 Å². The van der Waals surface area contributed by atoms with Gasteiger partial charge in [-0.1, -0.05) is 34.9 Å². The van der Waals surface area contributed by atoms with Crippen molar-refractivity contribution < 1.29 is 57.7 Å². The van der Waals surface area contributed by atoms with Crippen LogP contribution < -0.4 is 26.6 Å². The van der Waals surface area contributed by atoms with Crippen molar-refractivity contribution in [1.82, 2.24) is 46.6 Å². The molecule has 26 nitrogen and oxygen atoms in total. The number of urea groups is 1. The number of ether oxygens (including phenoxy) is 3. The van der Waals surface area contributed by atoms with Crippen LogP contribution in [0.4, 0.5) is 21.9 Å². The van der Waals surface area contributed by atoms with Crippen LogP contribution in [0, 0.1) is 0 Å². The number of carbonyl (C=O) groups excluding carboxylic acids is 7. The Balaban J connectivity index is 0.809. The zero-order chi connectivity index (χ0) is 55.1. The Kier molecular flexibility index (Phi) is 22.3. The smallest absolute Gasteiger partial charge is 0.363 e.